The van der Waals surface area contributed by atoms with Crippen molar-refractivity contribution in [2.24, 2.45) is 17.3 Å². The molecule has 0 saturated carbocycles. The highest BCUT2D eigenvalue weighted by molar-refractivity contribution is 6.00. The molecular weight excluding hydrogens is 364 g/mol. The van der Waals surface area contributed by atoms with Crippen LogP contribution in [0.15, 0.2) is 11.1 Å². The van der Waals surface area contributed by atoms with Crippen molar-refractivity contribution in [2.75, 3.05) is 13.2 Å². The predicted molar refractivity (Wildman–Crippen MR) is 121 cm³/mol. The van der Waals surface area contributed by atoms with Gasteiger partial charge in [0, 0.05) is 11.1 Å². The summed E-state index contributed by atoms with van der Waals surface area (Å²) in [6.45, 7) is 17.2. The van der Waals surface area contributed by atoms with Crippen molar-refractivity contribution in [2.45, 2.75) is 107 Å². The molecule has 0 rings (SSSR count). The maximum Gasteiger partial charge on any atom is 0.334 e. The molecule has 4 heteroatoms. The Morgan fingerprint density at radius 3 is 1.62 bits per heavy atom. The standard InChI is InChI=1S/C25H46O4/c1-9-10-11-12-13-14-15-21(23(26)28-17-19(2)3)22(16-25(6,7)8)24(27)29-18-20(4)5/h19-20H,9-18H2,1-8H3. The lowest BCUT2D eigenvalue weighted by molar-refractivity contribution is -0.143. The van der Waals surface area contributed by atoms with Gasteiger partial charge in [-0.05, 0) is 36.5 Å². The van der Waals surface area contributed by atoms with Crippen LogP contribution >= 0.6 is 0 Å². The summed E-state index contributed by atoms with van der Waals surface area (Å²) in [5.74, 6) is -0.206. The number of ether oxygens (including phenoxy) is 2. The van der Waals surface area contributed by atoms with E-state index in [4.69, 9.17) is 9.47 Å². The normalized spacial score (nSPS) is 12.9. The molecule has 0 unspecified atom stereocenters. The van der Waals surface area contributed by atoms with E-state index in [0.29, 0.717) is 37.2 Å². The largest absolute Gasteiger partial charge is 0.462 e. The third kappa shape index (κ3) is 14.3. The monoisotopic (exact) mass is 410 g/mol. The molecule has 0 amide bonds. The van der Waals surface area contributed by atoms with Gasteiger partial charge in [0.15, 0.2) is 0 Å². The Bertz CT molecular complexity index is 509. The zero-order valence-electron chi connectivity index (χ0n) is 20.4. The van der Waals surface area contributed by atoms with Crippen molar-refractivity contribution in [1.82, 2.24) is 0 Å². The van der Waals surface area contributed by atoms with Crippen molar-refractivity contribution < 1.29 is 19.1 Å². The summed E-state index contributed by atoms with van der Waals surface area (Å²) < 4.78 is 11.1. The number of hydrogen-bond acceptors (Lipinski definition) is 4. The summed E-state index contributed by atoms with van der Waals surface area (Å²) in [7, 11) is 0. The van der Waals surface area contributed by atoms with Gasteiger partial charge in [-0.3, -0.25) is 0 Å². The maximum absolute atomic E-state index is 12.9. The number of hydrogen-bond donors (Lipinski definition) is 0. The molecule has 0 saturated heterocycles. The van der Waals surface area contributed by atoms with Gasteiger partial charge in [0.05, 0.1) is 13.2 Å². The van der Waals surface area contributed by atoms with Gasteiger partial charge in [0.1, 0.15) is 0 Å². The first-order valence-electron chi connectivity index (χ1n) is 11.5. The van der Waals surface area contributed by atoms with Crippen LogP contribution < -0.4 is 0 Å². The Kier molecular flexibility index (Phi) is 14.0. The first kappa shape index (κ1) is 27.7. The van der Waals surface area contributed by atoms with Crippen molar-refractivity contribution in [3.05, 3.63) is 11.1 Å². The molecule has 0 aromatic rings. The Morgan fingerprint density at radius 2 is 1.17 bits per heavy atom. The lowest BCUT2D eigenvalue weighted by Crippen LogP contribution is -2.22. The average Bonchev–Trinajstić information content (AvgIpc) is 2.61. The number of unbranched alkanes of at least 4 members (excludes halogenated alkanes) is 5. The van der Waals surface area contributed by atoms with Crippen molar-refractivity contribution >= 4 is 11.9 Å². The second-order valence-corrected chi connectivity index (χ2v) is 10.2. The first-order valence-corrected chi connectivity index (χ1v) is 11.5. The minimum Gasteiger partial charge on any atom is -0.462 e. The summed E-state index contributed by atoms with van der Waals surface area (Å²) in [5.41, 5.74) is 0.891. The van der Waals surface area contributed by atoms with E-state index < -0.39 is 0 Å². The number of carbonyl (C=O) groups is 2. The molecule has 0 radical (unpaired) electrons. The van der Waals surface area contributed by atoms with E-state index in [2.05, 4.69) is 27.7 Å². The molecule has 0 aliphatic carbocycles. The van der Waals surface area contributed by atoms with Crippen LogP contribution in [0.3, 0.4) is 0 Å². The average molecular weight is 411 g/mol. The number of rotatable bonds is 14. The molecule has 170 valence electrons. The molecule has 0 bridgehead atoms. The van der Waals surface area contributed by atoms with Crippen LogP contribution in [-0.2, 0) is 19.1 Å². The van der Waals surface area contributed by atoms with E-state index in [-0.39, 0.29) is 29.2 Å². The summed E-state index contributed by atoms with van der Waals surface area (Å²) in [5, 5.41) is 0. The molecule has 29 heavy (non-hydrogen) atoms. The third-order valence-corrected chi connectivity index (χ3v) is 4.44. The van der Waals surface area contributed by atoms with E-state index in [1.54, 1.807) is 0 Å². The van der Waals surface area contributed by atoms with E-state index in [9.17, 15) is 9.59 Å². The van der Waals surface area contributed by atoms with Crippen LogP contribution in [0.4, 0.5) is 0 Å². The molecule has 0 fully saturated rings. The quantitative estimate of drug-likeness (QED) is 0.178. The Morgan fingerprint density at radius 1 is 0.724 bits per heavy atom. The Balaban J connectivity index is 5.55. The summed E-state index contributed by atoms with van der Waals surface area (Å²) in [4.78, 5) is 25.8. The molecule has 0 aliphatic rings. The summed E-state index contributed by atoms with van der Waals surface area (Å²) in [6.07, 6.45) is 7.87. The molecule has 0 aromatic heterocycles. The Labute approximate surface area is 179 Å². The second kappa shape index (κ2) is 14.6. The molecule has 0 N–H and O–H groups in total. The van der Waals surface area contributed by atoms with Gasteiger partial charge in [-0.25, -0.2) is 9.59 Å². The zero-order chi connectivity index (χ0) is 22.4. The van der Waals surface area contributed by atoms with Crippen LogP contribution in [0.25, 0.3) is 0 Å². The van der Waals surface area contributed by atoms with Gasteiger partial charge >= 0.3 is 11.9 Å². The fraction of sp³-hybridized carbons (Fsp3) is 0.840. The van der Waals surface area contributed by atoms with Gasteiger partial charge in [-0.2, -0.15) is 0 Å². The minimum absolute atomic E-state index is 0.128. The fourth-order valence-electron chi connectivity index (χ4n) is 2.95. The second-order valence-electron chi connectivity index (χ2n) is 10.2. The molecular formula is C25H46O4. The van der Waals surface area contributed by atoms with E-state index in [1.807, 2.05) is 27.7 Å². The van der Waals surface area contributed by atoms with Crippen LogP contribution in [0, 0.1) is 17.3 Å². The van der Waals surface area contributed by atoms with Crippen molar-refractivity contribution in [1.29, 1.82) is 0 Å². The minimum atomic E-state index is -0.365. The molecule has 0 aromatic carbocycles. The van der Waals surface area contributed by atoms with Crippen molar-refractivity contribution in [3.63, 3.8) is 0 Å². The zero-order valence-corrected chi connectivity index (χ0v) is 20.4. The highest BCUT2D eigenvalue weighted by atomic mass is 16.5. The smallest absolute Gasteiger partial charge is 0.334 e. The van der Waals surface area contributed by atoms with E-state index >= 15 is 0 Å². The van der Waals surface area contributed by atoms with Gasteiger partial charge < -0.3 is 9.47 Å². The SMILES string of the molecule is CCCCCCCCC(C(=O)OCC(C)C)=C(CC(C)(C)C)C(=O)OCC(C)C. The third-order valence-electron chi connectivity index (χ3n) is 4.44. The molecule has 0 atom stereocenters. The van der Waals surface area contributed by atoms with E-state index in [0.717, 1.165) is 19.3 Å². The first-order chi connectivity index (χ1) is 13.5. The fourth-order valence-corrected chi connectivity index (χ4v) is 2.95. The molecule has 4 nitrogen and oxygen atoms in total. The lowest BCUT2D eigenvalue weighted by atomic mass is 9.85. The highest BCUT2D eigenvalue weighted by Gasteiger charge is 2.27. The Hall–Kier alpha value is -1.32. The van der Waals surface area contributed by atoms with Crippen LogP contribution in [0.5, 0.6) is 0 Å². The summed E-state index contributed by atoms with van der Waals surface area (Å²) in [6, 6.07) is 0. The van der Waals surface area contributed by atoms with Gasteiger partial charge in [0.2, 0.25) is 0 Å². The number of carbonyl (C=O) groups excluding carboxylic acids is 2. The van der Waals surface area contributed by atoms with Crippen LogP contribution in [-0.4, -0.2) is 25.2 Å². The highest BCUT2D eigenvalue weighted by Crippen LogP contribution is 2.29. The van der Waals surface area contributed by atoms with Crippen molar-refractivity contribution in [3.8, 4) is 0 Å². The molecule has 0 heterocycles. The molecule has 0 spiro atoms. The molecule has 0 aliphatic heterocycles. The van der Waals surface area contributed by atoms with Gasteiger partial charge in [-0.15, -0.1) is 0 Å². The maximum atomic E-state index is 12.9. The van der Waals surface area contributed by atoms with Crippen LogP contribution in [0.1, 0.15) is 107 Å². The number of esters is 2. The lowest BCUT2D eigenvalue weighted by Gasteiger charge is -2.23. The predicted octanol–water partition coefficient (Wildman–Crippen LogP) is 6.87. The summed E-state index contributed by atoms with van der Waals surface area (Å²) >= 11 is 0. The van der Waals surface area contributed by atoms with Crippen LogP contribution in [0.2, 0.25) is 0 Å². The van der Waals surface area contributed by atoms with Gasteiger partial charge in [-0.1, -0.05) is 87.5 Å². The van der Waals surface area contributed by atoms with E-state index in [1.165, 1.54) is 19.3 Å². The van der Waals surface area contributed by atoms with Gasteiger partial charge in [0.25, 0.3) is 0 Å². The topological polar surface area (TPSA) is 52.6 Å².